The largest absolute Gasteiger partial charge is 0.457 e. The first-order valence-corrected chi connectivity index (χ1v) is 11.0. The number of hydrazone groups is 1. The van der Waals surface area contributed by atoms with Crippen LogP contribution in [0.15, 0.2) is 88.9 Å². The van der Waals surface area contributed by atoms with Crippen molar-refractivity contribution in [2.45, 2.75) is 4.90 Å². The van der Waals surface area contributed by atoms with Crippen LogP contribution in [-0.2, 0) is 14.8 Å². The van der Waals surface area contributed by atoms with E-state index in [0.717, 1.165) is 4.31 Å². The molecule has 0 heterocycles. The second kappa shape index (κ2) is 10.2. The average Bonchev–Trinajstić information content (AvgIpc) is 2.75. The molecule has 0 aliphatic heterocycles. The van der Waals surface area contributed by atoms with Gasteiger partial charge in [0.2, 0.25) is 10.0 Å². The minimum atomic E-state index is -3.82. The number of halogens is 1. The highest BCUT2D eigenvalue weighted by Gasteiger charge is 2.22. The maximum absolute atomic E-state index is 12.5. The van der Waals surface area contributed by atoms with E-state index in [-0.39, 0.29) is 11.4 Å². The Morgan fingerprint density at radius 2 is 1.71 bits per heavy atom. The van der Waals surface area contributed by atoms with E-state index in [1.807, 2.05) is 30.3 Å². The van der Waals surface area contributed by atoms with Gasteiger partial charge in [-0.1, -0.05) is 41.9 Å². The maximum atomic E-state index is 12.5. The molecule has 0 unspecified atom stereocenters. The summed E-state index contributed by atoms with van der Waals surface area (Å²) >= 11 is 5.79. The molecule has 3 rings (SSSR count). The van der Waals surface area contributed by atoms with Gasteiger partial charge in [0.1, 0.15) is 11.5 Å². The topological polar surface area (TPSA) is 88.1 Å². The van der Waals surface area contributed by atoms with Gasteiger partial charge in [-0.05, 0) is 54.1 Å². The van der Waals surface area contributed by atoms with Gasteiger partial charge < -0.3 is 4.74 Å². The van der Waals surface area contributed by atoms with Crippen LogP contribution in [0.4, 0.5) is 0 Å². The maximum Gasteiger partial charge on any atom is 0.255 e. The van der Waals surface area contributed by atoms with E-state index in [4.69, 9.17) is 16.3 Å². The minimum Gasteiger partial charge on any atom is -0.457 e. The van der Waals surface area contributed by atoms with Crippen LogP contribution in [0, 0.1) is 0 Å². The van der Waals surface area contributed by atoms with Gasteiger partial charge in [-0.2, -0.15) is 9.41 Å². The molecule has 7 nitrogen and oxygen atoms in total. The molecule has 1 N–H and O–H groups in total. The second-order valence-electron chi connectivity index (χ2n) is 6.50. The van der Waals surface area contributed by atoms with E-state index in [2.05, 4.69) is 10.5 Å². The molecule has 0 fully saturated rings. The van der Waals surface area contributed by atoms with Crippen LogP contribution in [0.2, 0.25) is 5.02 Å². The molecule has 160 valence electrons. The summed E-state index contributed by atoms with van der Waals surface area (Å²) in [5.74, 6) is 0.748. The Hall–Kier alpha value is -3.20. The Bertz CT molecular complexity index is 1170. The molecule has 0 aromatic heterocycles. The van der Waals surface area contributed by atoms with Gasteiger partial charge in [0.05, 0.1) is 17.7 Å². The summed E-state index contributed by atoms with van der Waals surface area (Å²) in [5, 5.41) is 4.31. The van der Waals surface area contributed by atoms with Crippen molar-refractivity contribution in [1.29, 1.82) is 0 Å². The number of hydrogen-bond donors (Lipinski definition) is 1. The Morgan fingerprint density at radius 3 is 2.42 bits per heavy atom. The molecule has 0 saturated carbocycles. The zero-order chi connectivity index (χ0) is 22.3. The van der Waals surface area contributed by atoms with Gasteiger partial charge in [0.25, 0.3) is 5.91 Å². The monoisotopic (exact) mass is 457 g/mol. The number of rotatable bonds is 8. The number of ether oxygens (including phenoxy) is 1. The molecule has 0 spiro atoms. The predicted octanol–water partition coefficient (Wildman–Crippen LogP) is 3.90. The molecule has 0 aliphatic carbocycles. The van der Waals surface area contributed by atoms with Gasteiger partial charge in [0.15, 0.2) is 0 Å². The lowest BCUT2D eigenvalue weighted by Gasteiger charge is -2.16. The average molecular weight is 458 g/mol. The third-order valence-electron chi connectivity index (χ3n) is 4.13. The van der Waals surface area contributed by atoms with Crippen molar-refractivity contribution in [3.63, 3.8) is 0 Å². The van der Waals surface area contributed by atoms with Gasteiger partial charge in [0, 0.05) is 12.1 Å². The first-order chi connectivity index (χ1) is 14.8. The van der Waals surface area contributed by atoms with Crippen molar-refractivity contribution >= 4 is 33.7 Å². The highest BCUT2D eigenvalue weighted by molar-refractivity contribution is 7.89. The number of sulfonamides is 1. The number of hydrogen-bond acceptors (Lipinski definition) is 5. The number of carbonyl (C=O) groups is 1. The lowest BCUT2D eigenvalue weighted by Crippen LogP contribution is -2.36. The zero-order valence-electron chi connectivity index (χ0n) is 16.6. The van der Waals surface area contributed by atoms with Crippen LogP contribution in [0.1, 0.15) is 5.56 Å². The molecule has 0 radical (unpaired) electrons. The number of para-hydroxylation sites is 1. The summed E-state index contributed by atoms with van der Waals surface area (Å²) in [6, 6.07) is 22.2. The number of nitrogens with one attached hydrogen (secondary N) is 1. The van der Waals surface area contributed by atoms with E-state index in [0.29, 0.717) is 22.1 Å². The number of carbonyl (C=O) groups excluding carboxylic acids is 1. The van der Waals surface area contributed by atoms with Crippen LogP contribution in [-0.4, -0.2) is 38.4 Å². The van der Waals surface area contributed by atoms with E-state index in [9.17, 15) is 13.2 Å². The Kier molecular flexibility index (Phi) is 7.41. The van der Waals surface area contributed by atoms with Crippen molar-refractivity contribution in [1.82, 2.24) is 9.73 Å². The smallest absolute Gasteiger partial charge is 0.255 e. The summed E-state index contributed by atoms with van der Waals surface area (Å²) in [7, 11) is -2.50. The number of likely N-dealkylation sites (N-methyl/N-ethyl adjacent to an activating group) is 1. The normalized spacial score (nSPS) is 11.6. The third kappa shape index (κ3) is 6.39. The molecular weight excluding hydrogens is 438 g/mol. The summed E-state index contributed by atoms with van der Waals surface area (Å²) in [6.07, 6.45) is 1.45. The SMILES string of the molecule is CN(CC(=O)N/N=C\c1cccc(Oc2ccccc2)c1)S(=O)(=O)c1ccc(Cl)cc1. The van der Waals surface area contributed by atoms with Crippen molar-refractivity contribution in [2.24, 2.45) is 5.10 Å². The minimum absolute atomic E-state index is 0.0472. The quantitative estimate of drug-likeness (QED) is 0.410. The second-order valence-corrected chi connectivity index (χ2v) is 8.98. The Balaban J connectivity index is 1.56. The standard InChI is InChI=1S/C22H20ClN3O4S/c1-26(31(28,29)21-12-10-18(23)11-13-21)16-22(27)25-24-15-17-6-5-9-20(14-17)30-19-7-3-2-4-8-19/h2-15H,16H2,1H3,(H,25,27)/b24-15-. The van der Waals surface area contributed by atoms with Gasteiger partial charge in [-0.3, -0.25) is 4.79 Å². The Labute approximate surface area is 186 Å². The molecule has 0 aliphatic rings. The first-order valence-electron chi connectivity index (χ1n) is 9.21. The molecule has 0 bridgehead atoms. The van der Waals surface area contributed by atoms with Crippen molar-refractivity contribution in [2.75, 3.05) is 13.6 Å². The van der Waals surface area contributed by atoms with Gasteiger partial charge >= 0.3 is 0 Å². The molecule has 31 heavy (non-hydrogen) atoms. The summed E-state index contributed by atoms with van der Waals surface area (Å²) < 4.78 is 31.7. The molecular formula is C22H20ClN3O4S. The molecule has 3 aromatic carbocycles. The number of nitrogens with zero attached hydrogens (tertiary/aromatic N) is 2. The van der Waals surface area contributed by atoms with Gasteiger partial charge in [-0.15, -0.1) is 0 Å². The third-order valence-corrected chi connectivity index (χ3v) is 6.20. The lowest BCUT2D eigenvalue weighted by atomic mass is 10.2. The van der Waals surface area contributed by atoms with E-state index >= 15 is 0 Å². The molecule has 0 saturated heterocycles. The van der Waals surface area contributed by atoms with Crippen LogP contribution in [0.3, 0.4) is 0 Å². The van der Waals surface area contributed by atoms with E-state index in [1.54, 1.807) is 24.3 Å². The summed E-state index contributed by atoms with van der Waals surface area (Å²) in [5.41, 5.74) is 3.03. The van der Waals surface area contributed by atoms with Crippen LogP contribution >= 0.6 is 11.6 Å². The highest BCUT2D eigenvalue weighted by atomic mass is 35.5. The predicted molar refractivity (Wildman–Crippen MR) is 120 cm³/mol. The van der Waals surface area contributed by atoms with Crippen molar-refractivity contribution in [3.8, 4) is 11.5 Å². The Morgan fingerprint density at radius 1 is 1.03 bits per heavy atom. The molecule has 3 aromatic rings. The van der Waals surface area contributed by atoms with Gasteiger partial charge in [-0.25, -0.2) is 13.8 Å². The van der Waals surface area contributed by atoms with Crippen LogP contribution in [0.25, 0.3) is 0 Å². The fourth-order valence-electron chi connectivity index (χ4n) is 2.57. The zero-order valence-corrected chi connectivity index (χ0v) is 18.2. The van der Waals surface area contributed by atoms with Crippen LogP contribution < -0.4 is 10.2 Å². The first kappa shape index (κ1) is 22.5. The van der Waals surface area contributed by atoms with E-state index < -0.39 is 15.9 Å². The lowest BCUT2D eigenvalue weighted by molar-refractivity contribution is -0.121. The molecule has 0 atom stereocenters. The van der Waals surface area contributed by atoms with Crippen molar-refractivity contribution in [3.05, 3.63) is 89.4 Å². The van der Waals surface area contributed by atoms with E-state index in [1.165, 1.54) is 37.5 Å². The van der Waals surface area contributed by atoms with Crippen LogP contribution in [0.5, 0.6) is 11.5 Å². The number of amides is 1. The fourth-order valence-corrected chi connectivity index (χ4v) is 3.82. The molecule has 9 heteroatoms. The number of benzene rings is 3. The highest BCUT2D eigenvalue weighted by Crippen LogP contribution is 2.21. The summed E-state index contributed by atoms with van der Waals surface area (Å²) in [4.78, 5) is 12.2. The summed E-state index contributed by atoms with van der Waals surface area (Å²) in [6.45, 7) is -0.389. The fraction of sp³-hybridized carbons (Fsp3) is 0.0909. The van der Waals surface area contributed by atoms with Crippen molar-refractivity contribution < 1.29 is 17.9 Å². The molecule has 1 amide bonds.